The van der Waals surface area contributed by atoms with Crippen LogP contribution in [0.2, 0.25) is 0 Å². The van der Waals surface area contributed by atoms with Gasteiger partial charge in [0.05, 0.1) is 0 Å². The van der Waals surface area contributed by atoms with Crippen LogP contribution in [0.4, 0.5) is 17.1 Å². The average molecular weight is 578 g/mol. The number of rotatable bonds is 9. The van der Waals surface area contributed by atoms with E-state index in [1.807, 2.05) is 14.1 Å². The van der Waals surface area contributed by atoms with Crippen LogP contribution in [0.15, 0.2) is 146 Å². The largest absolute Gasteiger partial charge is 0.489 e. The molecule has 0 spiro atoms. The van der Waals surface area contributed by atoms with E-state index in [4.69, 9.17) is 4.74 Å². The Balaban J connectivity index is 1.27. The molecule has 2 heterocycles. The van der Waals surface area contributed by atoms with E-state index in [9.17, 15) is 0 Å². The van der Waals surface area contributed by atoms with Gasteiger partial charge in [-0.1, -0.05) is 62.4 Å². The molecule has 0 amide bonds. The maximum Gasteiger partial charge on any atom is 0.169 e. The Labute approximate surface area is 261 Å². The fourth-order valence-corrected chi connectivity index (χ4v) is 5.30. The lowest BCUT2D eigenvalue weighted by Gasteiger charge is -2.26. The molecule has 0 unspecified atom stereocenters. The van der Waals surface area contributed by atoms with Crippen LogP contribution in [-0.4, -0.2) is 0 Å². The number of hydrogen-bond acceptors (Lipinski definition) is 2. The monoisotopic (exact) mass is 577 g/mol. The molecule has 44 heavy (non-hydrogen) atoms. The van der Waals surface area contributed by atoms with Gasteiger partial charge in [-0.3, -0.25) is 0 Å². The SMILES string of the molecule is CC(C)c1ccc(COc2ccc(N(c3ccc(-c4cc[n+](C)cc4)cc3)c3ccc(-c4cc[n+](C)cc4)cc3)cc2)cc1. The zero-order valence-electron chi connectivity index (χ0n) is 25.9. The summed E-state index contributed by atoms with van der Waals surface area (Å²) in [4.78, 5) is 2.29. The number of ether oxygens (including phenoxy) is 1. The molecule has 0 aliphatic heterocycles. The second-order valence-corrected chi connectivity index (χ2v) is 11.6. The molecule has 0 aliphatic carbocycles. The fourth-order valence-electron chi connectivity index (χ4n) is 5.30. The van der Waals surface area contributed by atoms with Gasteiger partial charge in [-0.15, -0.1) is 0 Å². The van der Waals surface area contributed by atoms with Crippen LogP contribution in [0.25, 0.3) is 22.3 Å². The molecule has 218 valence electrons. The molecule has 6 aromatic rings. The summed E-state index contributed by atoms with van der Waals surface area (Å²) in [5, 5.41) is 0. The number of aryl methyl sites for hydroxylation is 2. The highest BCUT2D eigenvalue weighted by Gasteiger charge is 2.14. The predicted octanol–water partition coefficient (Wildman–Crippen LogP) is 8.84. The minimum atomic E-state index is 0.524. The zero-order valence-corrected chi connectivity index (χ0v) is 25.9. The molecular formula is C40H39N3O+2. The summed E-state index contributed by atoms with van der Waals surface area (Å²) in [7, 11) is 4.07. The van der Waals surface area contributed by atoms with E-state index < -0.39 is 0 Å². The number of benzene rings is 4. The molecule has 0 fully saturated rings. The van der Waals surface area contributed by atoms with Crippen molar-refractivity contribution in [1.29, 1.82) is 0 Å². The number of hydrogen-bond donors (Lipinski definition) is 0. The first-order chi connectivity index (χ1) is 21.4. The lowest BCUT2D eigenvalue weighted by molar-refractivity contribution is -0.671. The van der Waals surface area contributed by atoms with Gasteiger partial charge in [0.15, 0.2) is 24.8 Å². The molecule has 2 aromatic heterocycles. The Kier molecular flexibility index (Phi) is 8.51. The van der Waals surface area contributed by atoms with Gasteiger partial charge < -0.3 is 9.64 Å². The Morgan fingerprint density at radius 3 is 1.30 bits per heavy atom. The quantitative estimate of drug-likeness (QED) is 0.160. The maximum absolute atomic E-state index is 6.16. The van der Waals surface area contributed by atoms with Gasteiger partial charge >= 0.3 is 0 Å². The van der Waals surface area contributed by atoms with Gasteiger partial charge in [0, 0.05) is 41.3 Å². The van der Waals surface area contributed by atoms with Crippen molar-refractivity contribution in [2.75, 3.05) is 4.90 Å². The van der Waals surface area contributed by atoms with Crippen LogP contribution >= 0.6 is 0 Å². The highest BCUT2D eigenvalue weighted by Crippen LogP contribution is 2.37. The van der Waals surface area contributed by atoms with Gasteiger partial charge in [0.2, 0.25) is 0 Å². The normalized spacial score (nSPS) is 11.0. The minimum absolute atomic E-state index is 0.524. The fraction of sp³-hybridized carbons (Fsp3) is 0.150. The average Bonchev–Trinajstić information content (AvgIpc) is 3.06. The lowest BCUT2D eigenvalue weighted by atomic mass is 10.0. The van der Waals surface area contributed by atoms with E-state index in [-0.39, 0.29) is 0 Å². The van der Waals surface area contributed by atoms with Crippen molar-refractivity contribution in [3.63, 3.8) is 0 Å². The number of nitrogens with zero attached hydrogens (tertiary/aromatic N) is 3. The number of pyridine rings is 2. The topological polar surface area (TPSA) is 20.2 Å². The first-order valence-corrected chi connectivity index (χ1v) is 15.2. The van der Waals surface area contributed by atoms with Crippen molar-refractivity contribution < 1.29 is 13.9 Å². The summed E-state index contributed by atoms with van der Waals surface area (Å²) in [5.74, 6) is 1.37. The second-order valence-electron chi connectivity index (χ2n) is 11.6. The summed E-state index contributed by atoms with van der Waals surface area (Å²) in [6.07, 6.45) is 8.31. The standard InChI is InChI=1S/C40H39N3O/c1-30(2)32-7-5-31(6-8-32)29-44-40-19-17-39(18-20-40)43(37-13-9-33(10-14-37)35-21-25-41(3)26-22-35)38-15-11-34(12-16-38)36-23-27-42(4)28-24-36/h5-28,30H,29H2,1-4H3/q+2. The van der Waals surface area contributed by atoms with Gasteiger partial charge in [0.1, 0.15) is 26.5 Å². The highest BCUT2D eigenvalue weighted by atomic mass is 16.5. The van der Waals surface area contributed by atoms with Gasteiger partial charge in [-0.2, -0.15) is 0 Å². The summed E-state index contributed by atoms with van der Waals surface area (Å²) in [5.41, 5.74) is 10.5. The smallest absolute Gasteiger partial charge is 0.169 e. The molecule has 4 nitrogen and oxygen atoms in total. The molecule has 0 atom stereocenters. The third kappa shape index (κ3) is 6.71. The first kappa shape index (κ1) is 28.9. The van der Waals surface area contributed by atoms with E-state index in [0.29, 0.717) is 12.5 Å². The molecule has 6 rings (SSSR count). The van der Waals surface area contributed by atoms with Gasteiger partial charge in [-0.05, 0) is 87.8 Å². The Morgan fingerprint density at radius 1 is 0.500 bits per heavy atom. The summed E-state index contributed by atoms with van der Waals surface area (Å²) in [6, 6.07) is 43.2. The molecular weight excluding hydrogens is 538 g/mol. The third-order valence-electron chi connectivity index (χ3n) is 8.02. The van der Waals surface area contributed by atoms with Crippen LogP contribution in [0, 0.1) is 0 Å². The molecule has 0 saturated carbocycles. The van der Waals surface area contributed by atoms with Gasteiger partial charge in [0.25, 0.3) is 0 Å². The van der Waals surface area contributed by atoms with Crippen molar-refractivity contribution >= 4 is 17.1 Å². The Hall–Kier alpha value is -5.22. The summed E-state index contributed by atoms with van der Waals surface area (Å²) in [6.45, 7) is 4.97. The van der Waals surface area contributed by atoms with Crippen LogP contribution in [0.5, 0.6) is 5.75 Å². The maximum atomic E-state index is 6.16. The van der Waals surface area contributed by atoms with E-state index in [1.165, 1.54) is 33.4 Å². The van der Waals surface area contributed by atoms with E-state index in [2.05, 4.69) is 174 Å². The minimum Gasteiger partial charge on any atom is -0.489 e. The van der Waals surface area contributed by atoms with Crippen LogP contribution in [0.1, 0.15) is 30.9 Å². The van der Waals surface area contributed by atoms with E-state index in [0.717, 1.165) is 22.8 Å². The number of anilines is 3. The highest BCUT2D eigenvalue weighted by molar-refractivity contribution is 5.79. The van der Waals surface area contributed by atoms with Crippen molar-refractivity contribution in [3.8, 4) is 28.0 Å². The zero-order chi connectivity index (χ0) is 30.5. The van der Waals surface area contributed by atoms with Crippen LogP contribution in [0.3, 0.4) is 0 Å². The van der Waals surface area contributed by atoms with Crippen LogP contribution in [-0.2, 0) is 20.7 Å². The third-order valence-corrected chi connectivity index (χ3v) is 8.02. The van der Waals surface area contributed by atoms with Gasteiger partial charge in [-0.25, -0.2) is 9.13 Å². The summed E-state index contributed by atoms with van der Waals surface area (Å²) >= 11 is 0. The Morgan fingerprint density at radius 2 is 0.886 bits per heavy atom. The Bertz CT molecular complexity index is 1700. The second kappa shape index (κ2) is 13.0. The van der Waals surface area contributed by atoms with Crippen molar-refractivity contribution in [2.45, 2.75) is 26.4 Å². The molecule has 0 N–H and O–H groups in total. The predicted molar refractivity (Wildman–Crippen MR) is 179 cm³/mol. The molecule has 0 saturated heterocycles. The number of aromatic nitrogens is 2. The van der Waals surface area contributed by atoms with Crippen molar-refractivity contribution in [3.05, 3.63) is 157 Å². The molecule has 4 heteroatoms. The van der Waals surface area contributed by atoms with E-state index in [1.54, 1.807) is 0 Å². The van der Waals surface area contributed by atoms with Crippen molar-refractivity contribution in [2.24, 2.45) is 14.1 Å². The summed E-state index contributed by atoms with van der Waals surface area (Å²) < 4.78 is 10.3. The molecule has 0 aliphatic rings. The molecule has 0 bridgehead atoms. The lowest BCUT2D eigenvalue weighted by Crippen LogP contribution is -2.25. The molecule has 4 aromatic carbocycles. The first-order valence-electron chi connectivity index (χ1n) is 15.2. The van der Waals surface area contributed by atoms with E-state index >= 15 is 0 Å². The van der Waals surface area contributed by atoms with Crippen molar-refractivity contribution in [1.82, 2.24) is 0 Å². The van der Waals surface area contributed by atoms with Crippen LogP contribution < -0.4 is 18.8 Å². The molecule has 0 radical (unpaired) electrons.